The van der Waals surface area contributed by atoms with E-state index in [4.69, 9.17) is 4.42 Å². The van der Waals surface area contributed by atoms with Crippen LogP contribution in [0.2, 0.25) is 0 Å². The molecule has 1 aromatic heterocycles. The minimum absolute atomic E-state index is 0.0338. The highest BCUT2D eigenvalue weighted by molar-refractivity contribution is 5.96. The molecule has 2 saturated heterocycles. The molecule has 1 aromatic carbocycles. The predicted molar refractivity (Wildman–Crippen MR) is 76.6 cm³/mol. The molecule has 2 atom stereocenters. The van der Waals surface area contributed by atoms with Gasteiger partial charge in [-0.25, -0.2) is 0 Å². The highest BCUT2D eigenvalue weighted by atomic mass is 16.3. The second-order valence-electron chi connectivity index (χ2n) is 5.80. The van der Waals surface area contributed by atoms with Crippen molar-refractivity contribution in [2.75, 3.05) is 19.6 Å². The molecule has 0 aliphatic carbocycles. The van der Waals surface area contributed by atoms with Crippen LogP contribution in [0.4, 0.5) is 0 Å². The van der Waals surface area contributed by atoms with Gasteiger partial charge in [0.1, 0.15) is 5.58 Å². The Bertz CT molecular complexity index is 616. The number of para-hydroxylation sites is 1. The van der Waals surface area contributed by atoms with E-state index in [-0.39, 0.29) is 5.91 Å². The van der Waals surface area contributed by atoms with E-state index in [1.54, 1.807) is 0 Å². The lowest BCUT2D eigenvalue weighted by Crippen LogP contribution is -2.46. The number of hydrogen-bond donors (Lipinski definition) is 1. The third kappa shape index (κ3) is 1.91. The molecule has 0 spiro atoms. The maximum Gasteiger partial charge on any atom is 0.289 e. The smallest absolute Gasteiger partial charge is 0.289 e. The van der Waals surface area contributed by atoms with Crippen molar-refractivity contribution in [3.8, 4) is 0 Å². The quantitative estimate of drug-likeness (QED) is 0.864. The topological polar surface area (TPSA) is 45.5 Å². The van der Waals surface area contributed by atoms with Gasteiger partial charge < -0.3 is 14.6 Å². The van der Waals surface area contributed by atoms with Crippen molar-refractivity contribution in [1.29, 1.82) is 0 Å². The van der Waals surface area contributed by atoms with Crippen LogP contribution >= 0.6 is 0 Å². The van der Waals surface area contributed by atoms with Crippen LogP contribution in [-0.2, 0) is 0 Å². The van der Waals surface area contributed by atoms with Gasteiger partial charge in [0.15, 0.2) is 5.76 Å². The zero-order valence-electron chi connectivity index (χ0n) is 11.3. The second kappa shape index (κ2) is 4.63. The van der Waals surface area contributed by atoms with Gasteiger partial charge >= 0.3 is 0 Å². The second-order valence-corrected chi connectivity index (χ2v) is 5.80. The maximum absolute atomic E-state index is 12.6. The van der Waals surface area contributed by atoms with Crippen molar-refractivity contribution in [2.45, 2.75) is 18.9 Å². The van der Waals surface area contributed by atoms with Crippen LogP contribution in [0.25, 0.3) is 11.0 Å². The van der Waals surface area contributed by atoms with Gasteiger partial charge in [-0.15, -0.1) is 0 Å². The number of carbonyl (C=O) groups is 1. The van der Waals surface area contributed by atoms with E-state index in [0.717, 1.165) is 37.0 Å². The summed E-state index contributed by atoms with van der Waals surface area (Å²) in [7, 11) is 0. The molecule has 104 valence electrons. The number of hydrogen-bond acceptors (Lipinski definition) is 3. The Morgan fingerprint density at radius 3 is 3.10 bits per heavy atom. The van der Waals surface area contributed by atoms with Gasteiger partial charge in [-0.3, -0.25) is 4.79 Å². The van der Waals surface area contributed by atoms with E-state index in [1.807, 2.05) is 35.2 Å². The molecule has 0 radical (unpaired) electrons. The number of carbonyl (C=O) groups excluding carboxylic acids is 1. The zero-order valence-corrected chi connectivity index (χ0v) is 11.3. The molecule has 2 aromatic rings. The van der Waals surface area contributed by atoms with Crippen molar-refractivity contribution < 1.29 is 9.21 Å². The fourth-order valence-electron chi connectivity index (χ4n) is 3.48. The monoisotopic (exact) mass is 270 g/mol. The lowest BCUT2D eigenvalue weighted by atomic mass is 9.93. The molecule has 2 aliphatic heterocycles. The van der Waals surface area contributed by atoms with Gasteiger partial charge in [0.05, 0.1) is 0 Å². The van der Waals surface area contributed by atoms with Gasteiger partial charge in [-0.1, -0.05) is 18.2 Å². The molecule has 4 nitrogen and oxygen atoms in total. The summed E-state index contributed by atoms with van der Waals surface area (Å²) in [4.78, 5) is 14.5. The minimum atomic E-state index is 0.0338. The molecule has 2 unspecified atom stereocenters. The Labute approximate surface area is 117 Å². The molecule has 0 saturated carbocycles. The number of likely N-dealkylation sites (tertiary alicyclic amines) is 1. The molecule has 20 heavy (non-hydrogen) atoms. The van der Waals surface area contributed by atoms with Gasteiger partial charge in [0.25, 0.3) is 5.91 Å². The fourth-order valence-corrected chi connectivity index (χ4v) is 3.48. The van der Waals surface area contributed by atoms with Crippen LogP contribution in [0.1, 0.15) is 23.4 Å². The molecule has 4 heteroatoms. The molecule has 3 heterocycles. The highest BCUT2D eigenvalue weighted by Crippen LogP contribution is 2.27. The lowest BCUT2D eigenvalue weighted by Gasteiger charge is -2.34. The normalized spacial score (nSPS) is 25.9. The first-order valence-electron chi connectivity index (χ1n) is 7.32. The van der Waals surface area contributed by atoms with Crippen LogP contribution in [0.5, 0.6) is 0 Å². The Hall–Kier alpha value is -1.81. The van der Waals surface area contributed by atoms with E-state index in [1.165, 1.54) is 6.42 Å². The van der Waals surface area contributed by atoms with Crippen LogP contribution in [-0.4, -0.2) is 36.5 Å². The highest BCUT2D eigenvalue weighted by Gasteiger charge is 2.35. The Morgan fingerprint density at radius 2 is 2.20 bits per heavy atom. The summed E-state index contributed by atoms with van der Waals surface area (Å²) in [5, 5.41) is 4.51. The van der Waals surface area contributed by atoms with E-state index in [0.29, 0.717) is 17.7 Å². The molecule has 4 rings (SSSR count). The van der Waals surface area contributed by atoms with Crippen LogP contribution in [0.3, 0.4) is 0 Å². The summed E-state index contributed by atoms with van der Waals surface area (Å²) in [5.41, 5.74) is 0.785. The molecular weight excluding hydrogens is 252 g/mol. The first kappa shape index (κ1) is 12.0. The van der Waals surface area contributed by atoms with Gasteiger partial charge in [-0.2, -0.15) is 0 Å². The van der Waals surface area contributed by atoms with Gasteiger partial charge in [0.2, 0.25) is 0 Å². The summed E-state index contributed by atoms with van der Waals surface area (Å²) in [6.07, 6.45) is 2.23. The Morgan fingerprint density at radius 1 is 1.30 bits per heavy atom. The standard InChI is InChI=1S/C16H18N2O2/c19-16(15-9-11-3-1-2-4-14(11)20-15)18-8-6-13-12(10-18)5-7-17-13/h1-4,9,12-13,17H,5-8,10H2. The number of rotatable bonds is 1. The van der Waals surface area contributed by atoms with E-state index < -0.39 is 0 Å². The number of piperidine rings is 1. The lowest BCUT2D eigenvalue weighted by molar-refractivity contribution is 0.0632. The van der Waals surface area contributed by atoms with Crippen molar-refractivity contribution in [3.63, 3.8) is 0 Å². The maximum atomic E-state index is 12.6. The molecule has 0 bridgehead atoms. The van der Waals surface area contributed by atoms with Crippen molar-refractivity contribution in [1.82, 2.24) is 10.2 Å². The third-order valence-electron chi connectivity index (χ3n) is 4.58. The first-order valence-corrected chi connectivity index (χ1v) is 7.32. The number of nitrogens with one attached hydrogen (secondary N) is 1. The Kier molecular flexibility index (Phi) is 2.77. The van der Waals surface area contributed by atoms with E-state index in [2.05, 4.69) is 5.32 Å². The molecular formula is C16H18N2O2. The third-order valence-corrected chi connectivity index (χ3v) is 4.58. The largest absolute Gasteiger partial charge is 0.451 e. The average Bonchev–Trinajstić information content (AvgIpc) is 3.11. The van der Waals surface area contributed by atoms with Crippen molar-refractivity contribution in [2.24, 2.45) is 5.92 Å². The summed E-state index contributed by atoms with van der Waals surface area (Å²) in [6.45, 7) is 2.76. The first-order chi connectivity index (χ1) is 9.81. The molecule has 1 N–H and O–H groups in total. The summed E-state index contributed by atoms with van der Waals surface area (Å²) in [6, 6.07) is 10.2. The average molecular weight is 270 g/mol. The van der Waals surface area contributed by atoms with E-state index >= 15 is 0 Å². The summed E-state index contributed by atoms with van der Waals surface area (Å²) >= 11 is 0. The Balaban J connectivity index is 1.57. The number of amides is 1. The minimum Gasteiger partial charge on any atom is -0.451 e. The molecule has 1 amide bonds. The molecule has 2 fully saturated rings. The van der Waals surface area contributed by atoms with Crippen molar-refractivity contribution >= 4 is 16.9 Å². The zero-order chi connectivity index (χ0) is 13.5. The fraction of sp³-hybridized carbons (Fsp3) is 0.438. The molecule has 2 aliphatic rings. The summed E-state index contributed by atoms with van der Waals surface area (Å²) < 4.78 is 5.69. The van der Waals surface area contributed by atoms with Crippen molar-refractivity contribution in [3.05, 3.63) is 36.1 Å². The van der Waals surface area contributed by atoms with Gasteiger partial charge in [-0.05, 0) is 37.4 Å². The van der Waals surface area contributed by atoms with Crippen LogP contribution in [0, 0.1) is 5.92 Å². The van der Waals surface area contributed by atoms with Crippen LogP contribution in [0.15, 0.2) is 34.7 Å². The predicted octanol–water partition coefficient (Wildman–Crippen LogP) is 2.26. The van der Waals surface area contributed by atoms with Gasteiger partial charge in [0, 0.05) is 24.5 Å². The number of fused-ring (bicyclic) bond motifs is 2. The number of benzene rings is 1. The van der Waals surface area contributed by atoms with E-state index in [9.17, 15) is 4.79 Å². The SMILES string of the molecule is O=C(c1cc2ccccc2o1)N1CCC2NCCC2C1. The summed E-state index contributed by atoms with van der Waals surface area (Å²) in [5.74, 6) is 1.11. The number of nitrogens with zero attached hydrogens (tertiary/aromatic N) is 1. The number of furan rings is 1. The van der Waals surface area contributed by atoms with Crippen LogP contribution < -0.4 is 5.32 Å².